The van der Waals surface area contributed by atoms with Crippen LogP contribution in [0.2, 0.25) is 0 Å². The third kappa shape index (κ3) is 3.98. The molecule has 0 aliphatic rings. The van der Waals surface area contributed by atoms with Gasteiger partial charge in [0, 0.05) is 0 Å². The highest BCUT2D eigenvalue weighted by Crippen LogP contribution is 2.32. The number of carbonyl (C=O) groups is 1. The molecular formula is C13H12F3NO2. The minimum Gasteiger partial charge on any atom is -0.465 e. The van der Waals surface area contributed by atoms with Gasteiger partial charge in [-0.15, -0.1) is 0 Å². The molecule has 0 radical (unpaired) electrons. The molecular weight excluding hydrogens is 259 g/mol. The van der Waals surface area contributed by atoms with E-state index in [9.17, 15) is 18.0 Å². The first-order chi connectivity index (χ1) is 8.90. The Morgan fingerprint density at radius 1 is 1.42 bits per heavy atom. The van der Waals surface area contributed by atoms with E-state index in [1.807, 2.05) is 0 Å². The summed E-state index contributed by atoms with van der Waals surface area (Å²) in [5, 5.41) is 8.85. The van der Waals surface area contributed by atoms with Gasteiger partial charge in [-0.1, -0.05) is 18.2 Å². The van der Waals surface area contributed by atoms with E-state index in [2.05, 4.69) is 4.74 Å². The summed E-state index contributed by atoms with van der Waals surface area (Å²) in [6, 6.07) is 6.55. The average Bonchev–Trinajstić information content (AvgIpc) is 2.35. The molecule has 0 saturated carbocycles. The zero-order valence-electron chi connectivity index (χ0n) is 10.2. The van der Waals surface area contributed by atoms with Crippen LogP contribution in [-0.2, 0) is 22.1 Å². The molecule has 1 unspecified atom stereocenters. The predicted octanol–water partition coefficient (Wildman–Crippen LogP) is 2.95. The first kappa shape index (κ1) is 15.0. The molecule has 3 nitrogen and oxygen atoms in total. The van der Waals surface area contributed by atoms with Crippen molar-refractivity contribution in [3.63, 3.8) is 0 Å². The minimum absolute atomic E-state index is 0.0813. The summed E-state index contributed by atoms with van der Waals surface area (Å²) in [4.78, 5) is 11.4. The van der Waals surface area contributed by atoms with Gasteiger partial charge in [0.2, 0.25) is 0 Å². The largest absolute Gasteiger partial charge is 0.465 e. The standard InChI is InChI=1S/C13H12F3NO2/c1-2-19-12(18)10(8-17)7-9-5-3-4-6-11(9)13(14,15)16/h3-6,10H,2,7H2,1H3. The van der Waals surface area contributed by atoms with Gasteiger partial charge in [-0.05, 0) is 25.0 Å². The van der Waals surface area contributed by atoms with Crippen LogP contribution in [0.15, 0.2) is 24.3 Å². The summed E-state index contributed by atoms with van der Waals surface area (Å²) in [7, 11) is 0. The fourth-order valence-electron chi connectivity index (χ4n) is 1.62. The van der Waals surface area contributed by atoms with Crippen molar-refractivity contribution >= 4 is 5.97 Å². The molecule has 6 heteroatoms. The van der Waals surface area contributed by atoms with Gasteiger partial charge in [-0.3, -0.25) is 4.79 Å². The second-order valence-corrected chi connectivity index (χ2v) is 3.79. The number of nitriles is 1. The van der Waals surface area contributed by atoms with Crippen molar-refractivity contribution in [1.82, 2.24) is 0 Å². The predicted molar refractivity (Wildman–Crippen MR) is 60.9 cm³/mol. The maximum Gasteiger partial charge on any atom is 0.416 e. The first-order valence-electron chi connectivity index (χ1n) is 5.61. The van der Waals surface area contributed by atoms with Crippen molar-refractivity contribution in [3.8, 4) is 6.07 Å². The van der Waals surface area contributed by atoms with Crippen LogP contribution in [0.3, 0.4) is 0 Å². The number of alkyl halides is 3. The Morgan fingerprint density at radius 2 is 2.05 bits per heavy atom. The third-order valence-electron chi connectivity index (χ3n) is 2.47. The maximum atomic E-state index is 12.8. The molecule has 0 amide bonds. The lowest BCUT2D eigenvalue weighted by atomic mass is 9.96. The molecule has 0 fully saturated rings. The molecule has 1 rings (SSSR count). The molecule has 0 aliphatic heterocycles. The van der Waals surface area contributed by atoms with Gasteiger partial charge in [0.1, 0.15) is 5.92 Å². The summed E-state index contributed by atoms with van der Waals surface area (Å²) < 4.78 is 42.9. The average molecular weight is 271 g/mol. The van der Waals surface area contributed by atoms with Crippen LogP contribution in [0.5, 0.6) is 0 Å². The van der Waals surface area contributed by atoms with E-state index < -0.39 is 23.6 Å². The Kier molecular flexibility index (Phi) is 4.93. The van der Waals surface area contributed by atoms with E-state index in [0.29, 0.717) is 0 Å². The summed E-state index contributed by atoms with van der Waals surface area (Å²) in [6.07, 6.45) is -4.82. The molecule has 0 N–H and O–H groups in total. The molecule has 0 aliphatic carbocycles. The molecule has 0 heterocycles. The Balaban J connectivity index is 2.99. The summed E-state index contributed by atoms with van der Waals surface area (Å²) in [6.45, 7) is 1.65. The topological polar surface area (TPSA) is 50.1 Å². The quantitative estimate of drug-likeness (QED) is 0.791. The van der Waals surface area contributed by atoms with Crippen LogP contribution in [0.25, 0.3) is 0 Å². The van der Waals surface area contributed by atoms with Crippen molar-refractivity contribution in [3.05, 3.63) is 35.4 Å². The zero-order valence-corrected chi connectivity index (χ0v) is 10.2. The van der Waals surface area contributed by atoms with Crippen molar-refractivity contribution in [1.29, 1.82) is 5.26 Å². The molecule has 0 saturated heterocycles. The lowest BCUT2D eigenvalue weighted by Crippen LogP contribution is -2.20. The van der Waals surface area contributed by atoms with Crippen LogP contribution in [0, 0.1) is 17.2 Å². The second-order valence-electron chi connectivity index (χ2n) is 3.79. The van der Waals surface area contributed by atoms with Gasteiger partial charge in [0.15, 0.2) is 0 Å². The van der Waals surface area contributed by atoms with E-state index in [4.69, 9.17) is 5.26 Å². The van der Waals surface area contributed by atoms with Crippen LogP contribution in [0.1, 0.15) is 18.1 Å². The number of esters is 1. The Hall–Kier alpha value is -2.03. The van der Waals surface area contributed by atoms with Crippen LogP contribution in [-0.4, -0.2) is 12.6 Å². The van der Waals surface area contributed by atoms with Crippen molar-refractivity contribution < 1.29 is 22.7 Å². The number of hydrogen-bond donors (Lipinski definition) is 0. The van der Waals surface area contributed by atoms with Gasteiger partial charge in [0.25, 0.3) is 0 Å². The number of benzene rings is 1. The van der Waals surface area contributed by atoms with Gasteiger partial charge >= 0.3 is 12.1 Å². The number of hydrogen-bond acceptors (Lipinski definition) is 3. The first-order valence-corrected chi connectivity index (χ1v) is 5.61. The van der Waals surface area contributed by atoms with E-state index >= 15 is 0 Å². The zero-order chi connectivity index (χ0) is 14.5. The molecule has 0 spiro atoms. The monoisotopic (exact) mass is 271 g/mol. The van der Waals surface area contributed by atoms with E-state index in [1.165, 1.54) is 18.2 Å². The molecule has 0 bridgehead atoms. The second kappa shape index (κ2) is 6.23. The summed E-state index contributed by atoms with van der Waals surface area (Å²) in [5.74, 6) is -2.04. The lowest BCUT2D eigenvalue weighted by Gasteiger charge is -2.14. The SMILES string of the molecule is CCOC(=O)C(C#N)Cc1ccccc1C(F)(F)F. The number of rotatable bonds is 4. The van der Waals surface area contributed by atoms with Gasteiger partial charge in [0.05, 0.1) is 18.2 Å². The van der Waals surface area contributed by atoms with Crippen LogP contribution >= 0.6 is 0 Å². The maximum absolute atomic E-state index is 12.8. The van der Waals surface area contributed by atoms with E-state index in [-0.39, 0.29) is 18.6 Å². The number of ether oxygens (including phenoxy) is 1. The Labute approximate surface area is 108 Å². The highest BCUT2D eigenvalue weighted by atomic mass is 19.4. The van der Waals surface area contributed by atoms with Crippen molar-refractivity contribution in [2.24, 2.45) is 5.92 Å². The Morgan fingerprint density at radius 3 is 2.58 bits per heavy atom. The molecule has 102 valence electrons. The van der Waals surface area contributed by atoms with Crippen LogP contribution < -0.4 is 0 Å². The molecule has 19 heavy (non-hydrogen) atoms. The number of carbonyl (C=O) groups excluding carboxylic acids is 1. The van der Waals surface area contributed by atoms with Crippen LogP contribution in [0.4, 0.5) is 13.2 Å². The number of halogens is 3. The lowest BCUT2D eigenvalue weighted by molar-refractivity contribution is -0.146. The highest BCUT2D eigenvalue weighted by Gasteiger charge is 2.34. The van der Waals surface area contributed by atoms with Crippen molar-refractivity contribution in [2.75, 3.05) is 6.61 Å². The summed E-state index contributed by atoms with van der Waals surface area (Å²) >= 11 is 0. The highest BCUT2D eigenvalue weighted by molar-refractivity contribution is 5.75. The normalized spacial score (nSPS) is 12.6. The fraction of sp³-hybridized carbons (Fsp3) is 0.385. The minimum atomic E-state index is -4.51. The Bertz CT molecular complexity index is 491. The third-order valence-corrected chi connectivity index (χ3v) is 2.47. The fourth-order valence-corrected chi connectivity index (χ4v) is 1.62. The van der Waals surface area contributed by atoms with Gasteiger partial charge in [-0.25, -0.2) is 0 Å². The molecule has 1 aromatic rings. The number of nitrogens with zero attached hydrogens (tertiary/aromatic N) is 1. The molecule has 1 atom stereocenters. The molecule has 1 aromatic carbocycles. The van der Waals surface area contributed by atoms with E-state index in [0.717, 1.165) is 6.07 Å². The van der Waals surface area contributed by atoms with E-state index in [1.54, 1.807) is 13.0 Å². The van der Waals surface area contributed by atoms with Crippen molar-refractivity contribution in [2.45, 2.75) is 19.5 Å². The van der Waals surface area contributed by atoms with Gasteiger partial charge in [-0.2, -0.15) is 18.4 Å². The summed E-state index contributed by atoms with van der Waals surface area (Å²) in [5.41, 5.74) is -0.922. The smallest absolute Gasteiger partial charge is 0.416 e. The van der Waals surface area contributed by atoms with Gasteiger partial charge < -0.3 is 4.74 Å². The molecule has 0 aromatic heterocycles.